The summed E-state index contributed by atoms with van der Waals surface area (Å²) in [5.74, 6) is -0.214. The van der Waals surface area contributed by atoms with Crippen molar-refractivity contribution in [3.05, 3.63) is 0 Å². The van der Waals surface area contributed by atoms with Crippen LogP contribution >= 0.6 is 0 Å². The molecule has 5 saturated carbocycles. The van der Waals surface area contributed by atoms with Crippen molar-refractivity contribution in [3.8, 4) is 0 Å². The second kappa shape index (κ2) is 19.8. The van der Waals surface area contributed by atoms with Gasteiger partial charge in [-0.25, -0.2) is 0 Å². The Labute approximate surface area is 421 Å². The van der Waals surface area contributed by atoms with Gasteiger partial charge in [0.05, 0.1) is 55.9 Å². The average Bonchev–Trinajstić information content (AvgIpc) is 3.91. The molecule has 2 spiro atoms. The summed E-state index contributed by atoms with van der Waals surface area (Å²) >= 11 is 0. The van der Waals surface area contributed by atoms with Gasteiger partial charge in [-0.3, -0.25) is 0 Å². The van der Waals surface area contributed by atoms with Gasteiger partial charge in [0.15, 0.2) is 25.2 Å². The molecule has 9 fully saturated rings. The highest BCUT2D eigenvalue weighted by Crippen LogP contribution is 2.89. The molecule has 9 aliphatic rings. The Bertz CT molecular complexity index is 1890. The Hall–Kier alpha value is -0.840. The molecule has 13 N–H and O–H groups in total. The molecule has 0 aromatic rings. The molecule has 21 heteroatoms. The largest absolute Gasteiger partial charge is 0.393 e. The van der Waals surface area contributed by atoms with Crippen LogP contribution in [-0.4, -0.2) is 221 Å². The van der Waals surface area contributed by atoms with E-state index in [9.17, 15) is 66.4 Å². The first kappa shape index (κ1) is 55.9. The van der Waals surface area contributed by atoms with Gasteiger partial charge in [-0.2, -0.15) is 0 Å². The van der Waals surface area contributed by atoms with Crippen LogP contribution in [0.1, 0.15) is 113 Å². The Morgan fingerprint density at radius 1 is 0.597 bits per heavy atom. The Kier molecular flexibility index (Phi) is 15.4. The molecule has 5 aliphatic carbocycles. The van der Waals surface area contributed by atoms with Crippen molar-refractivity contribution >= 4 is 0 Å². The van der Waals surface area contributed by atoms with E-state index < -0.39 is 147 Å². The van der Waals surface area contributed by atoms with Gasteiger partial charge >= 0.3 is 0 Å². The highest BCUT2D eigenvalue weighted by atomic mass is 16.8. The van der Waals surface area contributed by atoms with Crippen molar-refractivity contribution in [2.75, 3.05) is 19.8 Å². The van der Waals surface area contributed by atoms with Crippen LogP contribution in [0, 0.1) is 50.7 Å². The lowest BCUT2D eigenvalue weighted by Crippen LogP contribution is -2.65. The molecule has 0 aromatic carbocycles. The van der Waals surface area contributed by atoms with E-state index in [-0.39, 0.29) is 58.5 Å². The van der Waals surface area contributed by atoms with Crippen LogP contribution in [0.2, 0.25) is 0 Å². The van der Waals surface area contributed by atoms with Crippen LogP contribution in [-0.2, 0) is 37.9 Å². The minimum atomic E-state index is -1.78. The van der Waals surface area contributed by atoms with Gasteiger partial charge in [-0.05, 0) is 129 Å². The second-order valence-corrected chi connectivity index (χ2v) is 25.4. The van der Waals surface area contributed by atoms with E-state index in [0.29, 0.717) is 38.5 Å². The molecule has 0 amide bonds. The maximum Gasteiger partial charge on any atom is 0.187 e. The van der Waals surface area contributed by atoms with Crippen LogP contribution in [0.5, 0.6) is 0 Å². The molecule has 4 aliphatic heterocycles. The summed E-state index contributed by atoms with van der Waals surface area (Å²) in [6.07, 6.45) is -22.1. The smallest absolute Gasteiger partial charge is 0.187 e. The molecule has 4 heterocycles. The standard InChI is InChI=1S/C51H86O21/c1-21(9-10-29(56)47(5,6)64)31-23(52)16-49(8)28-15-27(69-42-37(62)33(58)24(53)17-65-42)41-46(3,4)30(11-12-51(41)20-50(28,51)14-13-48(31,49)7)70-44-39(34(59)25(54)18-66-44)72-45-40(35(60)26(55)19-67-45)71-43-38(63)36(61)32(57)22(2)68-43/h21-45,52-64H,9-20H2,1-8H3/t21-,22+,23+,24-,25-,26+,27+,28+,29+,30+,31+,32+,33+,34+,35+,36-,37-,38-,39-,40-,41+,42+,43+,44+,45+,48-,49+,50+,51-/m1/s1. The maximum absolute atomic E-state index is 12.2. The van der Waals surface area contributed by atoms with Crippen molar-refractivity contribution in [1.29, 1.82) is 0 Å². The zero-order chi connectivity index (χ0) is 52.6. The molecule has 4 saturated heterocycles. The minimum Gasteiger partial charge on any atom is -0.393 e. The molecule has 72 heavy (non-hydrogen) atoms. The van der Waals surface area contributed by atoms with Crippen molar-refractivity contribution in [2.45, 2.75) is 248 Å². The van der Waals surface area contributed by atoms with Gasteiger partial charge < -0.3 is 104 Å². The zero-order valence-electron chi connectivity index (χ0n) is 43.0. The van der Waals surface area contributed by atoms with Gasteiger partial charge in [0.2, 0.25) is 0 Å². The van der Waals surface area contributed by atoms with Gasteiger partial charge in [0.1, 0.15) is 73.2 Å². The van der Waals surface area contributed by atoms with E-state index in [1.807, 2.05) is 0 Å². The highest BCUT2D eigenvalue weighted by molar-refractivity contribution is 5.33. The van der Waals surface area contributed by atoms with E-state index in [2.05, 4.69) is 34.6 Å². The van der Waals surface area contributed by atoms with Crippen molar-refractivity contribution < 1.29 is 104 Å². The Morgan fingerprint density at radius 2 is 1.15 bits per heavy atom. The van der Waals surface area contributed by atoms with Gasteiger partial charge in [-0.1, -0.05) is 34.6 Å². The van der Waals surface area contributed by atoms with E-state index >= 15 is 0 Å². The van der Waals surface area contributed by atoms with E-state index in [0.717, 1.165) is 19.3 Å². The first-order valence-electron chi connectivity index (χ1n) is 26.6. The summed E-state index contributed by atoms with van der Waals surface area (Å²) in [4.78, 5) is 0. The van der Waals surface area contributed by atoms with Crippen LogP contribution < -0.4 is 0 Å². The van der Waals surface area contributed by atoms with Crippen molar-refractivity contribution in [1.82, 2.24) is 0 Å². The van der Waals surface area contributed by atoms with E-state index in [1.54, 1.807) is 13.8 Å². The fourth-order valence-corrected chi connectivity index (χ4v) is 16.5. The molecule has 0 bridgehead atoms. The Balaban J connectivity index is 0.991. The quantitative estimate of drug-likeness (QED) is 0.0936. The zero-order valence-corrected chi connectivity index (χ0v) is 43.0. The number of hydrogen-bond donors (Lipinski definition) is 13. The lowest BCUT2D eigenvalue weighted by molar-refractivity contribution is -0.382. The van der Waals surface area contributed by atoms with Crippen molar-refractivity contribution in [2.24, 2.45) is 50.7 Å². The number of hydrogen-bond acceptors (Lipinski definition) is 21. The van der Waals surface area contributed by atoms with Gasteiger partial charge in [0, 0.05) is 0 Å². The molecule has 416 valence electrons. The molecule has 29 atom stereocenters. The highest BCUT2D eigenvalue weighted by Gasteiger charge is 2.85. The Morgan fingerprint density at radius 3 is 1.76 bits per heavy atom. The van der Waals surface area contributed by atoms with E-state index in [1.165, 1.54) is 6.92 Å². The fraction of sp³-hybridized carbons (Fsp3) is 1.00. The second-order valence-electron chi connectivity index (χ2n) is 25.4. The summed E-state index contributed by atoms with van der Waals surface area (Å²) in [5, 5.41) is 142. The monoisotopic (exact) mass is 1030 g/mol. The first-order chi connectivity index (χ1) is 33.5. The summed E-state index contributed by atoms with van der Waals surface area (Å²) in [6, 6.07) is 0. The SMILES string of the molecule is C[C@H](CC[C@H](O)C(C)(C)O)[C@H]1[C@@H](O)C[C@@]2(C)[C@@H]3C[C@H](O[C@@H]4OC[C@@H](O)[C@H](O)[C@H]4O)[C@H]4C(C)(C)[C@@H](O[C@@H]5OC[C@@H](O)[C@H](O)[C@H]5O[C@@H]5OC[C@H](O)[C@H](O)[C@H]5O[C@@H]5O[C@@H](C)[C@H](O)[C@@H](O)[C@H]5O)CC[C@@]45C[C@@]35CC[C@]12C. The summed E-state index contributed by atoms with van der Waals surface area (Å²) in [6.45, 7) is 14.6. The summed E-state index contributed by atoms with van der Waals surface area (Å²) < 4.78 is 49.7. The fourth-order valence-electron chi connectivity index (χ4n) is 16.5. The minimum absolute atomic E-state index is 0.0421. The molecule has 21 nitrogen and oxygen atoms in total. The average molecular weight is 1040 g/mol. The number of rotatable bonds is 13. The summed E-state index contributed by atoms with van der Waals surface area (Å²) in [7, 11) is 0. The third-order valence-corrected chi connectivity index (χ3v) is 20.7. The van der Waals surface area contributed by atoms with E-state index in [4.69, 9.17) is 37.9 Å². The lowest BCUT2D eigenvalue weighted by Gasteiger charge is -2.65. The molecule has 0 unspecified atom stereocenters. The third-order valence-electron chi connectivity index (χ3n) is 20.7. The number of aliphatic hydroxyl groups is 13. The number of ether oxygens (including phenoxy) is 8. The predicted molar refractivity (Wildman–Crippen MR) is 247 cm³/mol. The molecular weight excluding hydrogens is 949 g/mol. The molecule has 0 aromatic heterocycles. The van der Waals surface area contributed by atoms with Crippen LogP contribution in [0.4, 0.5) is 0 Å². The molecule has 9 rings (SSSR count). The van der Waals surface area contributed by atoms with Gasteiger partial charge in [0.25, 0.3) is 0 Å². The van der Waals surface area contributed by atoms with Gasteiger partial charge in [-0.15, -0.1) is 0 Å². The topological polar surface area (TPSA) is 337 Å². The van der Waals surface area contributed by atoms with Crippen LogP contribution in [0.25, 0.3) is 0 Å². The number of fused-ring (bicyclic) bond motifs is 2. The third kappa shape index (κ3) is 8.98. The molecular formula is C51H86O21. The predicted octanol–water partition coefficient (Wildman–Crippen LogP) is -1.48. The summed E-state index contributed by atoms with van der Waals surface area (Å²) in [5.41, 5.74) is -3.10. The van der Waals surface area contributed by atoms with Crippen molar-refractivity contribution in [3.63, 3.8) is 0 Å². The number of aliphatic hydroxyl groups excluding tert-OH is 12. The molecule has 0 radical (unpaired) electrons. The van der Waals surface area contributed by atoms with Crippen LogP contribution in [0.3, 0.4) is 0 Å². The normalized spacial score (nSPS) is 55.2. The first-order valence-corrected chi connectivity index (χ1v) is 26.6. The van der Waals surface area contributed by atoms with Crippen LogP contribution in [0.15, 0.2) is 0 Å². The lowest BCUT2D eigenvalue weighted by atomic mass is 9.41. The maximum atomic E-state index is 12.2.